The second-order valence-electron chi connectivity index (χ2n) is 5.29. The third-order valence-electron chi connectivity index (χ3n) is 2.37. The van der Waals surface area contributed by atoms with E-state index in [0.29, 0.717) is 17.9 Å². The summed E-state index contributed by atoms with van der Waals surface area (Å²) in [5.74, 6) is 0.497. The lowest BCUT2D eigenvalue weighted by Crippen LogP contribution is -2.24. The molecular formula is C16H19NO3S. The first-order chi connectivity index (χ1) is 9.85. The van der Waals surface area contributed by atoms with Gasteiger partial charge in [-0.15, -0.1) is 0 Å². The maximum absolute atomic E-state index is 11.7. The summed E-state index contributed by atoms with van der Waals surface area (Å²) >= 11 is 4.62. The molecule has 0 spiro atoms. The molecule has 0 amide bonds. The summed E-state index contributed by atoms with van der Waals surface area (Å²) in [7, 11) is 0. The molecule has 0 aromatic heterocycles. The number of aliphatic imine (C=N–C) groups is 1. The third kappa shape index (κ3) is 6.34. The summed E-state index contributed by atoms with van der Waals surface area (Å²) in [6.45, 7) is 7.24. The molecule has 0 aliphatic rings. The summed E-state index contributed by atoms with van der Waals surface area (Å²) in [4.78, 5) is 15.7. The molecule has 1 aromatic rings. The number of nitrogens with zero attached hydrogens (tertiary/aromatic N) is 1. The Morgan fingerprint density at radius 3 is 2.62 bits per heavy atom. The van der Waals surface area contributed by atoms with E-state index in [9.17, 15) is 4.79 Å². The highest BCUT2D eigenvalue weighted by Gasteiger charge is 2.18. The van der Waals surface area contributed by atoms with Crippen LogP contribution in [-0.4, -0.2) is 16.9 Å². The molecule has 0 radical (unpaired) electrons. The normalized spacial score (nSPS) is 11.5. The highest BCUT2D eigenvalue weighted by Crippen LogP contribution is 2.23. The van der Waals surface area contributed by atoms with Gasteiger partial charge in [-0.1, -0.05) is 25.1 Å². The largest absolute Gasteiger partial charge is 0.514 e. The quantitative estimate of drug-likeness (QED) is 0.335. The predicted octanol–water partition coefficient (Wildman–Crippen LogP) is 5.12. The molecule has 0 fully saturated rings. The molecule has 0 aliphatic carbocycles. The van der Waals surface area contributed by atoms with E-state index in [2.05, 4.69) is 22.4 Å². The number of hydrogen-bond donors (Lipinski definition) is 0. The molecule has 5 heteroatoms. The van der Waals surface area contributed by atoms with Crippen molar-refractivity contribution in [1.29, 1.82) is 0 Å². The van der Waals surface area contributed by atoms with Crippen molar-refractivity contribution in [1.82, 2.24) is 0 Å². The molecule has 0 unspecified atom stereocenters. The van der Waals surface area contributed by atoms with Gasteiger partial charge in [-0.05, 0) is 45.1 Å². The first-order valence-electron chi connectivity index (χ1n) is 6.64. The molecule has 0 N–H and O–H groups in total. The SMILES string of the molecule is CC/C(=C/c1ccccc1N=C=S)OC(=O)OC(C)(C)C. The zero-order valence-electron chi connectivity index (χ0n) is 12.7. The zero-order valence-corrected chi connectivity index (χ0v) is 13.5. The highest BCUT2D eigenvalue weighted by molar-refractivity contribution is 7.78. The molecule has 1 rings (SSSR count). The molecule has 0 heterocycles. The van der Waals surface area contributed by atoms with Crippen LogP contribution in [0.1, 0.15) is 39.7 Å². The lowest BCUT2D eigenvalue weighted by atomic mass is 10.1. The summed E-state index contributed by atoms with van der Waals surface area (Å²) < 4.78 is 10.4. The number of allylic oxidation sites excluding steroid dienone is 1. The Morgan fingerprint density at radius 1 is 1.38 bits per heavy atom. The zero-order chi connectivity index (χ0) is 15.9. The van der Waals surface area contributed by atoms with Gasteiger partial charge in [0.25, 0.3) is 0 Å². The van der Waals surface area contributed by atoms with Gasteiger partial charge >= 0.3 is 6.16 Å². The predicted molar refractivity (Wildman–Crippen MR) is 86.7 cm³/mol. The van der Waals surface area contributed by atoms with E-state index in [-0.39, 0.29) is 0 Å². The van der Waals surface area contributed by atoms with Gasteiger partial charge in [-0.25, -0.2) is 4.79 Å². The maximum Gasteiger partial charge on any atom is 0.514 e. The number of thiocarbonyl (C=S) groups is 1. The van der Waals surface area contributed by atoms with Crippen LogP contribution in [0.3, 0.4) is 0 Å². The maximum atomic E-state index is 11.7. The highest BCUT2D eigenvalue weighted by atomic mass is 32.1. The molecule has 0 bridgehead atoms. The fourth-order valence-electron chi connectivity index (χ4n) is 1.52. The minimum Gasteiger partial charge on any atom is -0.428 e. The van der Waals surface area contributed by atoms with Gasteiger partial charge in [-0.3, -0.25) is 0 Å². The van der Waals surface area contributed by atoms with Gasteiger partial charge in [0.05, 0.1) is 10.8 Å². The van der Waals surface area contributed by atoms with Crippen LogP contribution in [0.2, 0.25) is 0 Å². The van der Waals surface area contributed by atoms with Crippen LogP contribution < -0.4 is 0 Å². The molecule has 1 aromatic carbocycles. The Bertz CT molecular complexity index is 581. The number of para-hydroxylation sites is 1. The molecule has 0 atom stereocenters. The van der Waals surface area contributed by atoms with E-state index in [0.717, 1.165) is 5.56 Å². The first kappa shape index (κ1) is 17.1. The minimum atomic E-state index is -0.716. The molecule has 4 nitrogen and oxygen atoms in total. The summed E-state index contributed by atoms with van der Waals surface area (Å²) in [5.41, 5.74) is 0.886. The topological polar surface area (TPSA) is 47.9 Å². The smallest absolute Gasteiger partial charge is 0.428 e. The summed E-state index contributed by atoms with van der Waals surface area (Å²) in [5, 5.41) is 2.33. The summed E-state index contributed by atoms with van der Waals surface area (Å²) in [6, 6.07) is 7.39. The van der Waals surface area contributed by atoms with Gasteiger partial charge in [0.15, 0.2) is 0 Å². The standard InChI is InChI=1S/C16H19NO3S/c1-5-13(19-15(18)20-16(2,3)4)10-12-8-6-7-9-14(12)17-11-21/h6-10H,5H2,1-4H3/b13-10-. The van der Waals surface area contributed by atoms with Crippen LogP contribution in [0.25, 0.3) is 6.08 Å². The van der Waals surface area contributed by atoms with E-state index >= 15 is 0 Å². The second-order valence-corrected chi connectivity index (χ2v) is 5.48. The van der Waals surface area contributed by atoms with E-state index in [1.54, 1.807) is 26.8 Å². The van der Waals surface area contributed by atoms with Gasteiger partial charge in [0.1, 0.15) is 11.4 Å². The monoisotopic (exact) mass is 305 g/mol. The molecule has 0 saturated carbocycles. The average Bonchev–Trinajstić information content (AvgIpc) is 2.38. The number of carbonyl (C=O) groups is 1. The Labute approximate surface area is 130 Å². The van der Waals surface area contributed by atoms with Crippen molar-refractivity contribution < 1.29 is 14.3 Å². The van der Waals surface area contributed by atoms with Crippen molar-refractivity contribution in [3.05, 3.63) is 35.6 Å². The number of benzene rings is 1. The second kappa shape index (κ2) is 7.72. The Balaban J connectivity index is 2.95. The van der Waals surface area contributed by atoms with E-state index in [1.807, 2.05) is 31.2 Å². The van der Waals surface area contributed by atoms with Crippen molar-refractivity contribution in [2.24, 2.45) is 4.99 Å². The number of isothiocyanates is 1. The molecule has 0 saturated heterocycles. The Morgan fingerprint density at radius 2 is 2.05 bits per heavy atom. The molecule has 21 heavy (non-hydrogen) atoms. The van der Waals surface area contributed by atoms with Gasteiger partial charge in [-0.2, -0.15) is 4.99 Å². The van der Waals surface area contributed by atoms with Crippen molar-refractivity contribution >= 4 is 35.3 Å². The fraction of sp³-hybridized carbons (Fsp3) is 0.375. The van der Waals surface area contributed by atoms with Crippen LogP contribution in [0, 0.1) is 0 Å². The number of rotatable bonds is 4. The Hall–Kier alpha value is -1.97. The van der Waals surface area contributed by atoms with Crippen LogP contribution in [-0.2, 0) is 9.47 Å². The van der Waals surface area contributed by atoms with Crippen LogP contribution in [0.5, 0.6) is 0 Å². The summed E-state index contributed by atoms with van der Waals surface area (Å²) in [6.07, 6.45) is 1.58. The molecular weight excluding hydrogens is 286 g/mol. The minimum absolute atomic E-state index is 0.497. The third-order valence-corrected chi connectivity index (χ3v) is 2.46. The lowest BCUT2D eigenvalue weighted by molar-refractivity contribution is 0.00597. The lowest BCUT2D eigenvalue weighted by Gasteiger charge is -2.19. The number of ether oxygens (including phenoxy) is 2. The Kier molecular flexibility index (Phi) is 6.28. The van der Waals surface area contributed by atoms with Crippen molar-refractivity contribution in [2.45, 2.75) is 39.7 Å². The fourth-order valence-corrected chi connectivity index (χ4v) is 1.61. The van der Waals surface area contributed by atoms with E-state index in [4.69, 9.17) is 9.47 Å². The van der Waals surface area contributed by atoms with Gasteiger partial charge in [0.2, 0.25) is 0 Å². The van der Waals surface area contributed by atoms with Gasteiger partial charge in [0, 0.05) is 12.0 Å². The number of hydrogen-bond acceptors (Lipinski definition) is 5. The van der Waals surface area contributed by atoms with Crippen molar-refractivity contribution in [3.63, 3.8) is 0 Å². The number of carbonyl (C=O) groups excluding carboxylic acids is 1. The van der Waals surface area contributed by atoms with E-state index in [1.165, 1.54) is 0 Å². The molecule has 0 aliphatic heterocycles. The first-order valence-corrected chi connectivity index (χ1v) is 7.05. The average molecular weight is 305 g/mol. The van der Waals surface area contributed by atoms with Crippen molar-refractivity contribution in [2.75, 3.05) is 0 Å². The van der Waals surface area contributed by atoms with Gasteiger partial charge < -0.3 is 9.47 Å². The van der Waals surface area contributed by atoms with Crippen LogP contribution >= 0.6 is 12.2 Å². The van der Waals surface area contributed by atoms with E-state index < -0.39 is 11.8 Å². The van der Waals surface area contributed by atoms with Crippen LogP contribution in [0.15, 0.2) is 35.0 Å². The van der Waals surface area contributed by atoms with Crippen molar-refractivity contribution in [3.8, 4) is 0 Å². The molecule has 112 valence electrons. The van der Waals surface area contributed by atoms with Crippen LogP contribution in [0.4, 0.5) is 10.5 Å².